The van der Waals surface area contributed by atoms with E-state index in [-0.39, 0.29) is 18.6 Å². The van der Waals surface area contributed by atoms with Gasteiger partial charge in [0.25, 0.3) is 11.8 Å². The standard InChI is InChI=1S/C13H13NO4/c1-9(13(17)10-5-3-2-4-6-10)18-14-11(15)7-8-12(14)16/h2-6,9H,7-8H2,1H3. The molecule has 0 aliphatic carbocycles. The van der Waals surface area contributed by atoms with E-state index in [1.165, 1.54) is 6.92 Å². The summed E-state index contributed by atoms with van der Waals surface area (Å²) in [6.45, 7) is 1.52. The van der Waals surface area contributed by atoms with Crippen LogP contribution in [-0.2, 0) is 14.4 Å². The van der Waals surface area contributed by atoms with Crippen LogP contribution in [0.1, 0.15) is 30.1 Å². The molecule has 1 aliphatic heterocycles. The highest BCUT2D eigenvalue weighted by atomic mass is 16.7. The van der Waals surface area contributed by atoms with E-state index in [0.717, 1.165) is 0 Å². The van der Waals surface area contributed by atoms with Crippen LogP contribution in [0.25, 0.3) is 0 Å². The fraction of sp³-hybridized carbons (Fsp3) is 0.308. The summed E-state index contributed by atoms with van der Waals surface area (Å²) in [7, 11) is 0. The first-order valence-electron chi connectivity index (χ1n) is 5.71. The molecule has 2 rings (SSSR count). The maximum absolute atomic E-state index is 12.0. The Bertz CT molecular complexity index is 467. The maximum atomic E-state index is 12.0. The Morgan fingerprint density at radius 3 is 2.28 bits per heavy atom. The van der Waals surface area contributed by atoms with Gasteiger partial charge in [-0.05, 0) is 6.92 Å². The Balaban J connectivity index is 2.04. The number of carbonyl (C=O) groups excluding carboxylic acids is 3. The summed E-state index contributed by atoms with van der Waals surface area (Å²) in [5, 5.41) is 0.700. The zero-order valence-corrected chi connectivity index (χ0v) is 9.96. The van der Waals surface area contributed by atoms with Crippen LogP contribution in [0.3, 0.4) is 0 Å². The van der Waals surface area contributed by atoms with Crippen LogP contribution in [0.2, 0.25) is 0 Å². The van der Waals surface area contributed by atoms with Crippen molar-refractivity contribution < 1.29 is 19.2 Å². The Morgan fingerprint density at radius 1 is 1.17 bits per heavy atom. The third-order valence-electron chi connectivity index (χ3n) is 2.70. The highest BCUT2D eigenvalue weighted by molar-refractivity contribution is 6.02. The largest absolute Gasteiger partial charge is 0.291 e. The molecule has 1 fully saturated rings. The summed E-state index contributed by atoms with van der Waals surface area (Å²) >= 11 is 0. The number of hydroxylamine groups is 2. The number of nitrogens with zero attached hydrogens (tertiary/aromatic N) is 1. The molecule has 1 unspecified atom stereocenters. The van der Waals surface area contributed by atoms with E-state index in [2.05, 4.69) is 0 Å². The molecule has 0 aromatic heterocycles. The molecule has 0 spiro atoms. The molecule has 1 aromatic rings. The van der Waals surface area contributed by atoms with Gasteiger partial charge in [0.05, 0.1) is 0 Å². The summed E-state index contributed by atoms with van der Waals surface area (Å²) in [6, 6.07) is 8.61. The van der Waals surface area contributed by atoms with E-state index in [1.807, 2.05) is 0 Å². The molecule has 2 amide bonds. The lowest BCUT2D eigenvalue weighted by Gasteiger charge is -2.18. The fourth-order valence-corrected chi connectivity index (χ4v) is 1.72. The Hall–Kier alpha value is -2.01. The van der Waals surface area contributed by atoms with Crippen molar-refractivity contribution >= 4 is 17.6 Å². The predicted octanol–water partition coefficient (Wildman–Crippen LogP) is 1.34. The number of carbonyl (C=O) groups is 3. The van der Waals surface area contributed by atoms with E-state index in [0.29, 0.717) is 10.6 Å². The fourth-order valence-electron chi connectivity index (χ4n) is 1.72. The number of hydrogen-bond donors (Lipinski definition) is 0. The third kappa shape index (κ3) is 2.46. The summed E-state index contributed by atoms with van der Waals surface area (Å²) < 4.78 is 0. The van der Waals surface area contributed by atoms with E-state index in [1.54, 1.807) is 30.3 Å². The van der Waals surface area contributed by atoms with E-state index < -0.39 is 17.9 Å². The van der Waals surface area contributed by atoms with E-state index in [4.69, 9.17) is 4.84 Å². The molecule has 0 N–H and O–H groups in total. The lowest BCUT2D eigenvalue weighted by Crippen LogP contribution is -2.36. The summed E-state index contributed by atoms with van der Waals surface area (Å²) in [6.07, 6.45) is -0.575. The third-order valence-corrected chi connectivity index (χ3v) is 2.70. The average Bonchev–Trinajstić information content (AvgIpc) is 2.70. The zero-order chi connectivity index (χ0) is 13.1. The van der Waals surface area contributed by atoms with Gasteiger partial charge in [0.1, 0.15) is 6.10 Å². The second kappa shape index (κ2) is 5.10. The maximum Gasteiger partial charge on any atom is 0.254 e. The molecule has 18 heavy (non-hydrogen) atoms. The van der Waals surface area contributed by atoms with Gasteiger partial charge in [-0.25, -0.2) is 0 Å². The number of imide groups is 1. The van der Waals surface area contributed by atoms with Crippen LogP contribution < -0.4 is 0 Å². The Kier molecular flexibility index (Phi) is 3.53. The number of amides is 2. The SMILES string of the molecule is CC(ON1C(=O)CCC1=O)C(=O)c1ccccc1. The lowest BCUT2D eigenvalue weighted by atomic mass is 10.1. The van der Waals surface area contributed by atoms with Gasteiger partial charge in [0, 0.05) is 18.4 Å². The van der Waals surface area contributed by atoms with Crippen LogP contribution in [0.4, 0.5) is 0 Å². The van der Waals surface area contributed by atoms with Crippen LogP contribution >= 0.6 is 0 Å². The van der Waals surface area contributed by atoms with Gasteiger partial charge in [-0.2, -0.15) is 5.06 Å². The van der Waals surface area contributed by atoms with Gasteiger partial charge in [0.15, 0.2) is 5.78 Å². The van der Waals surface area contributed by atoms with Crippen LogP contribution in [0, 0.1) is 0 Å². The molecule has 94 valence electrons. The second-order valence-corrected chi connectivity index (χ2v) is 4.06. The zero-order valence-electron chi connectivity index (χ0n) is 9.96. The monoisotopic (exact) mass is 247 g/mol. The van der Waals surface area contributed by atoms with E-state index in [9.17, 15) is 14.4 Å². The normalized spacial score (nSPS) is 17.1. The predicted molar refractivity (Wildman–Crippen MR) is 62.4 cm³/mol. The highest BCUT2D eigenvalue weighted by Crippen LogP contribution is 2.15. The van der Waals surface area contributed by atoms with Crippen molar-refractivity contribution in [1.29, 1.82) is 0 Å². The molecule has 5 heteroatoms. The van der Waals surface area contributed by atoms with Gasteiger partial charge < -0.3 is 0 Å². The lowest BCUT2D eigenvalue weighted by molar-refractivity contribution is -0.194. The quantitative estimate of drug-likeness (QED) is 0.595. The van der Waals surface area contributed by atoms with Crippen molar-refractivity contribution in [2.45, 2.75) is 25.9 Å². The number of hydrogen-bond acceptors (Lipinski definition) is 4. The molecule has 0 bridgehead atoms. The molecule has 1 aliphatic rings. The molecule has 0 saturated carbocycles. The molecule has 0 radical (unpaired) electrons. The summed E-state index contributed by atoms with van der Waals surface area (Å²) in [4.78, 5) is 39.8. The molecule has 1 atom stereocenters. The second-order valence-electron chi connectivity index (χ2n) is 4.06. The number of ketones is 1. The summed E-state index contributed by atoms with van der Waals surface area (Å²) in [5.41, 5.74) is 0.490. The molecular formula is C13H13NO4. The molecule has 1 aromatic carbocycles. The highest BCUT2D eigenvalue weighted by Gasteiger charge is 2.33. The first-order chi connectivity index (χ1) is 8.59. The van der Waals surface area contributed by atoms with Crippen molar-refractivity contribution in [3.8, 4) is 0 Å². The van der Waals surface area contributed by atoms with Crippen LogP contribution in [0.5, 0.6) is 0 Å². The first kappa shape index (κ1) is 12.4. The van der Waals surface area contributed by atoms with E-state index >= 15 is 0 Å². The smallest absolute Gasteiger partial charge is 0.254 e. The van der Waals surface area contributed by atoms with Crippen LogP contribution in [-0.4, -0.2) is 28.8 Å². The first-order valence-corrected chi connectivity index (χ1v) is 5.71. The van der Waals surface area contributed by atoms with Gasteiger partial charge in [0.2, 0.25) is 0 Å². The molecular weight excluding hydrogens is 234 g/mol. The number of benzene rings is 1. The summed E-state index contributed by atoms with van der Waals surface area (Å²) in [5.74, 6) is -1.05. The topological polar surface area (TPSA) is 63.7 Å². The van der Waals surface area contributed by atoms with Gasteiger partial charge in [-0.15, -0.1) is 0 Å². The minimum Gasteiger partial charge on any atom is -0.291 e. The van der Waals surface area contributed by atoms with Crippen molar-refractivity contribution in [3.05, 3.63) is 35.9 Å². The average molecular weight is 247 g/mol. The van der Waals surface area contributed by atoms with Crippen molar-refractivity contribution in [1.82, 2.24) is 5.06 Å². The Morgan fingerprint density at radius 2 is 1.72 bits per heavy atom. The molecule has 1 heterocycles. The minimum absolute atomic E-state index is 0.144. The van der Waals surface area contributed by atoms with Gasteiger partial charge in [-0.1, -0.05) is 30.3 Å². The number of rotatable bonds is 4. The van der Waals surface area contributed by atoms with Gasteiger partial charge >= 0.3 is 0 Å². The Labute approximate surface area is 104 Å². The molecule has 5 nitrogen and oxygen atoms in total. The minimum atomic E-state index is -0.863. The van der Waals surface area contributed by atoms with Crippen molar-refractivity contribution in [3.63, 3.8) is 0 Å². The number of Topliss-reactive ketones (excluding diaryl/α,β-unsaturated/α-hetero) is 1. The van der Waals surface area contributed by atoms with Crippen molar-refractivity contribution in [2.75, 3.05) is 0 Å². The van der Waals surface area contributed by atoms with Gasteiger partial charge in [-0.3, -0.25) is 19.2 Å². The molecule has 1 saturated heterocycles. The van der Waals surface area contributed by atoms with Crippen molar-refractivity contribution in [2.24, 2.45) is 0 Å². The van der Waals surface area contributed by atoms with Crippen LogP contribution in [0.15, 0.2) is 30.3 Å².